The SMILES string of the molecule is CCOc1c(Br)cc(Br)cc1[C@@H]1NC(=O)c2ccccc2N1. The van der Waals surface area contributed by atoms with Crippen molar-refractivity contribution in [3.8, 4) is 5.75 Å². The van der Waals surface area contributed by atoms with Crippen LogP contribution < -0.4 is 15.4 Å². The van der Waals surface area contributed by atoms with E-state index in [0.717, 1.165) is 25.9 Å². The molecule has 2 aromatic carbocycles. The summed E-state index contributed by atoms with van der Waals surface area (Å²) in [5, 5.41) is 6.31. The topological polar surface area (TPSA) is 50.4 Å². The number of amides is 1. The maximum atomic E-state index is 12.3. The number of ether oxygens (including phenoxy) is 1. The quantitative estimate of drug-likeness (QED) is 0.762. The molecule has 1 atom stereocenters. The summed E-state index contributed by atoms with van der Waals surface area (Å²) in [6, 6.07) is 11.3. The van der Waals surface area contributed by atoms with Crippen LogP contribution in [0.25, 0.3) is 0 Å². The predicted molar refractivity (Wildman–Crippen MR) is 93.3 cm³/mol. The summed E-state index contributed by atoms with van der Waals surface area (Å²) in [6.45, 7) is 2.48. The van der Waals surface area contributed by atoms with E-state index in [2.05, 4.69) is 42.5 Å². The lowest BCUT2D eigenvalue weighted by molar-refractivity contribution is 0.0935. The van der Waals surface area contributed by atoms with Crippen molar-refractivity contribution < 1.29 is 9.53 Å². The van der Waals surface area contributed by atoms with Gasteiger partial charge in [0.2, 0.25) is 0 Å². The van der Waals surface area contributed by atoms with Crippen molar-refractivity contribution in [2.24, 2.45) is 0 Å². The lowest BCUT2D eigenvalue weighted by atomic mass is 10.1. The molecule has 2 N–H and O–H groups in total. The fraction of sp³-hybridized carbons (Fsp3) is 0.188. The van der Waals surface area contributed by atoms with Gasteiger partial charge in [-0.3, -0.25) is 4.79 Å². The van der Waals surface area contributed by atoms with Crippen LogP contribution in [0.2, 0.25) is 0 Å². The van der Waals surface area contributed by atoms with Crippen molar-refractivity contribution in [3.05, 3.63) is 56.5 Å². The van der Waals surface area contributed by atoms with E-state index in [1.165, 1.54) is 0 Å². The van der Waals surface area contributed by atoms with Crippen LogP contribution in [0.15, 0.2) is 45.3 Å². The van der Waals surface area contributed by atoms with E-state index in [4.69, 9.17) is 4.74 Å². The number of rotatable bonds is 3. The third kappa shape index (κ3) is 2.85. The number of hydrogen-bond donors (Lipinski definition) is 2. The lowest BCUT2D eigenvalue weighted by Gasteiger charge is -2.29. The Morgan fingerprint density at radius 3 is 2.73 bits per heavy atom. The summed E-state index contributed by atoms with van der Waals surface area (Å²) in [7, 11) is 0. The van der Waals surface area contributed by atoms with E-state index in [-0.39, 0.29) is 12.1 Å². The molecule has 0 saturated heterocycles. The third-order valence-corrected chi connectivity index (χ3v) is 4.43. The van der Waals surface area contributed by atoms with Gasteiger partial charge in [-0.15, -0.1) is 0 Å². The van der Waals surface area contributed by atoms with Crippen molar-refractivity contribution in [2.75, 3.05) is 11.9 Å². The van der Waals surface area contributed by atoms with Crippen LogP contribution in [0.3, 0.4) is 0 Å². The molecule has 0 unspecified atom stereocenters. The Balaban J connectivity index is 2.04. The van der Waals surface area contributed by atoms with Gasteiger partial charge < -0.3 is 15.4 Å². The van der Waals surface area contributed by atoms with Gasteiger partial charge in [0.05, 0.1) is 16.6 Å². The second-order valence-electron chi connectivity index (χ2n) is 4.84. The minimum absolute atomic E-state index is 0.0992. The second-order valence-corrected chi connectivity index (χ2v) is 6.61. The highest BCUT2D eigenvalue weighted by Crippen LogP contribution is 2.38. The van der Waals surface area contributed by atoms with Gasteiger partial charge in [-0.2, -0.15) is 0 Å². The van der Waals surface area contributed by atoms with Gasteiger partial charge in [0.1, 0.15) is 11.9 Å². The molecule has 0 fully saturated rings. The highest BCUT2D eigenvalue weighted by atomic mass is 79.9. The van der Waals surface area contributed by atoms with Crippen LogP contribution in [0.1, 0.15) is 29.0 Å². The summed E-state index contributed by atoms with van der Waals surface area (Å²) in [4.78, 5) is 12.3. The Bertz CT molecular complexity index is 734. The molecular weight excluding hydrogens is 412 g/mol. The zero-order valence-electron chi connectivity index (χ0n) is 11.8. The number of hydrogen-bond acceptors (Lipinski definition) is 3. The molecule has 0 aliphatic carbocycles. The van der Waals surface area contributed by atoms with E-state index in [9.17, 15) is 4.79 Å². The Hall–Kier alpha value is -1.53. The number of nitrogens with one attached hydrogen (secondary N) is 2. The standard InChI is InChI=1S/C16H14Br2N2O2/c1-2-22-14-11(7-9(17)8-12(14)18)15-19-13-6-4-3-5-10(13)16(21)20-15/h3-8,15,19H,2H2,1H3,(H,20,21)/t15-/m0/s1. The second kappa shape index (κ2) is 6.30. The van der Waals surface area contributed by atoms with Gasteiger partial charge in [0, 0.05) is 15.7 Å². The number of fused-ring (bicyclic) bond motifs is 1. The van der Waals surface area contributed by atoms with Crippen LogP contribution in [0, 0.1) is 0 Å². The molecule has 4 nitrogen and oxygen atoms in total. The molecule has 1 aliphatic rings. The molecular formula is C16H14Br2N2O2. The molecule has 0 spiro atoms. The van der Waals surface area contributed by atoms with Gasteiger partial charge in [-0.25, -0.2) is 0 Å². The van der Waals surface area contributed by atoms with Gasteiger partial charge in [0.25, 0.3) is 5.91 Å². The van der Waals surface area contributed by atoms with E-state index in [0.29, 0.717) is 12.2 Å². The number of halogens is 2. The van der Waals surface area contributed by atoms with Crippen LogP contribution in [-0.4, -0.2) is 12.5 Å². The fourth-order valence-corrected chi connectivity index (χ4v) is 3.83. The summed E-state index contributed by atoms with van der Waals surface area (Å²) < 4.78 is 7.49. The van der Waals surface area contributed by atoms with Crippen molar-refractivity contribution in [1.82, 2.24) is 5.32 Å². The number of para-hydroxylation sites is 1. The monoisotopic (exact) mass is 424 g/mol. The Kier molecular flexibility index (Phi) is 4.40. The molecule has 3 rings (SSSR count). The molecule has 1 amide bonds. The van der Waals surface area contributed by atoms with Gasteiger partial charge in [-0.05, 0) is 47.1 Å². The highest BCUT2D eigenvalue weighted by Gasteiger charge is 2.27. The van der Waals surface area contributed by atoms with E-state index in [1.807, 2.05) is 37.3 Å². The third-order valence-electron chi connectivity index (χ3n) is 3.38. The van der Waals surface area contributed by atoms with E-state index >= 15 is 0 Å². The summed E-state index contributed by atoms with van der Waals surface area (Å²) in [6.07, 6.45) is -0.349. The molecule has 0 saturated carbocycles. The minimum Gasteiger partial charge on any atom is -0.492 e. The number of anilines is 1. The van der Waals surface area contributed by atoms with Gasteiger partial charge >= 0.3 is 0 Å². The molecule has 22 heavy (non-hydrogen) atoms. The molecule has 2 aromatic rings. The number of carbonyl (C=O) groups excluding carboxylic acids is 1. The summed E-state index contributed by atoms with van der Waals surface area (Å²) in [5.74, 6) is 0.626. The summed E-state index contributed by atoms with van der Waals surface area (Å²) >= 11 is 7.00. The van der Waals surface area contributed by atoms with E-state index < -0.39 is 0 Å². The molecule has 6 heteroatoms. The van der Waals surface area contributed by atoms with Crippen LogP contribution in [0.4, 0.5) is 5.69 Å². The summed E-state index contributed by atoms with van der Waals surface area (Å²) in [5.41, 5.74) is 2.33. The zero-order valence-corrected chi connectivity index (χ0v) is 15.0. The van der Waals surface area contributed by atoms with Crippen LogP contribution >= 0.6 is 31.9 Å². The highest BCUT2D eigenvalue weighted by molar-refractivity contribution is 9.11. The molecule has 114 valence electrons. The normalized spacial score (nSPS) is 16.5. The average Bonchev–Trinajstić information content (AvgIpc) is 2.50. The predicted octanol–water partition coefficient (Wildman–Crippen LogP) is 4.46. The first-order valence-corrected chi connectivity index (χ1v) is 8.47. The van der Waals surface area contributed by atoms with Crippen molar-refractivity contribution in [2.45, 2.75) is 13.1 Å². The Morgan fingerprint density at radius 2 is 1.95 bits per heavy atom. The minimum atomic E-state index is -0.349. The van der Waals surface area contributed by atoms with Gasteiger partial charge in [0.15, 0.2) is 0 Å². The molecule has 1 heterocycles. The Morgan fingerprint density at radius 1 is 1.18 bits per heavy atom. The zero-order chi connectivity index (χ0) is 15.7. The van der Waals surface area contributed by atoms with Crippen LogP contribution in [0.5, 0.6) is 5.75 Å². The Labute approximate surface area is 145 Å². The first kappa shape index (κ1) is 15.4. The number of carbonyl (C=O) groups is 1. The smallest absolute Gasteiger partial charge is 0.255 e. The van der Waals surface area contributed by atoms with Crippen molar-refractivity contribution >= 4 is 43.5 Å². The average molecular weight is 426 g/mol. The van der Waals surface area contributed by atoms with Crippen molar-refractivity contribution in [1.29, 1.82) is 0 Å². The van der Waals surface area contributed by atoms with E-state index in [1.54, 1.807) is 6.07 Å². The first-order valence-electron chi connectivity index (χ1n) is 6.88. The lowest BCUT2D eigenvalue weighted by Crippen LogP contribution is -2.38. The molecule has 0 bridgehead atoms. The maximum Gasteiger partial charge on any atom is 0.255 e. The van der Waals surface area contributed by atoms with Gasteiger partial charge in [-0.1, -0.05) is 28.1 Å². The number of benzene rings is 2. The molecule has 0 radical (unpaired) electrons. The largest absolute Gasteiger partial charge is 0.492 e. The van der Waals surface area contributed by atoms with Crippen molar-refractivity contribution in [3.63, 3.8) is 0 Å². The maximum absolute atomic E-state index is 12.3. The van der Waals surface area contributed by atoms with Crippen LogP contribution in [-0.2, 0) is 0 Å². The molecule has 0 aromatic heterocycles. The first-order chi connectivity index (χ1) is 10.6. The molecule has 1 aliphatic heterocycles. The fourth-order valence-electron chi connectivity index (χ4n) is 2.45.